The van der Waals surface area contributed by atoms with E-state index in [-0.39, 0.29) is 18.5 Å². The first-order chi connectivity index (χ1) is 10.8. The lowest BCUT2D eigenvalue weighted by Crippen LogP contribution is -2.46. The van der Waals surface area contributed by atoms with Gasteiger partial charge < -0.3 is 14.4 Å². The second-order valence-electron chi connectivity index (χ2n) is 5.09. The molecule has 1 atom stereocenters. The largest absolute Gasteiger partial charge is 0.493 e. The molecule has 5 nitrogen and oxygen atoms in total. The van der Waals surface area contributed by atoms with E-state index in [0.29, 0.717) is 22.8 Å². The van der Waals surface area contributed by atoms with Gasteiger partial charge in [-0.3, -0.25) is 9.59 Å². The fourth-order valence-corrected chi connectivity index (χ4v) is 2.63. The Kier molecular flexibility index (Phi) is 4.82. The molecule has 0 unspecified atom stereocenters. The average molecular weight is 331 g/mol. The summed E-state index contributed by atoms with van der Waals surface area (Å²) in [7, 11) is 2.82. The molecule has 1 aromatic carbocycles. The molecule has 1 amide bonds. The van der Waals surface area contributed by atoms with E-state index < -0.39 is 23.9 Å². The van der Waals surface area contributed by atoms with Crippen LogP contribution in [0.25, 0.3) is 0 Å². The molecule has 1 aliphatic rings. The van der Waals surface area contributed by atoms with Crippen LogP contribution in [0.5, 0.6) is 11.5 Å². The molecule has 126 valence electrons. The Morgan fingerprint density at radius 1 is 1.17 bits per heavy atom. The van der Waals surface area contributed by atoms with Crippen LogP contribution < -0.4 is 9.47 Å². The number of carbonyl (C=O) groups is 2. The zero-order valence-electron chi connectivity index (χ0n) is 12.6. The summed E-state index contributed by atoms with van der Waals surface area (Å²) in [4.78, 5) is 24.5. The smallest absolute Gasteiger partial charge is 0.471 e. The number of hydrogen-bond donors (Lipinski definition) is 0. The van der Waals surface area contributed by atoms with Gasteiger partial charge in [0.15, 0.2) is 17.3 Å². The quantitative estimate of drug-likeness (QED) is 0.795. The molecule has 1 heterocycles. The number of benzene rings is 1. The lowest BCUT2D eigenvalue weighted by Gasteiger charge is -2.24. The van der Waals surface area contributed by atoms with Gasteiger partial charge in [-0.15, -0.1) is 0 Å². The van der Waals surface area contributed by atoms with Gasteiger partial charge in [-0.25, -0.2) is 0 Å². The van der Waals surface area contributed by atoms with Crippen molar-refractivity contribution in [3.05, 3.63) is 23.8 Å². The fourth-order valence-electron chi connectivity index (χ4n) is 2.63. The summed E-state index contributed by atoms with van der Waals surface area (Å²) < 4.78 is 48.0. The van der Waals surface area contributed by atoms with Crippen LogP contribution in [-0.4, -0.2) is 49.6 Å². The van der Waals surface area contributed by atoms with E-state index in [2.05, 4.69) is 0 Å². The number of amides is 1. The van der Waals surface area contributed by atoms with E-state index in [4.69, 9.17) is 9.47 Å². The van der Waals surface area contributed by atoms with Crippen LogP contribution in [0.2, 0.25) is 0 Å². The van der Waals surface area contributed by atoms with Gasteiger partial charge in [0.05, 0.1) is 20.3 Å². The lowest BCUT2D eigenvalue weighted by molar-refractivity contribution is -0.185. The van der Waals surface area contributed by atoms with Gasteiger partial charge in [0.1, 0.15) is 0 Å². The summed E-state index contributed by atoms with van der Waals surface area (Å²) in [6.07, 6.45) is -4.43. The highest BCUT2D eigenvalue weighted by Crippen LogP contribution is 2.31. The zero-order chi connectivity index (χ0) is 17.2. The Labute approximate surface area is 131 Å². The van der Waals surface area contributed by atoms with Gasteiger partial charge in [-0.1, -0.05) is 0 Å². The Balaban J connectivity index is 2.27. The second-order valence-corrected chi connectivity index (χ2v) is 5.09. The van der Waals surface area contributed by atoms with Crippen molar-refractivity contribution >= 4 is 11.7 Å². The van der Waals surface area contributed by atoms with Gasteiger partial charge in [0, 0.05) is 12.1 Å². The number of alkyl halides is 3. The number of rotatable bonds is 4. The van der Waals surface area contributed by atoms with Gasteiger partial charge >= 0.3 is 12.1 Å². The number of nitrogens with zero attached hydrogens (tertiary/aromatic N) is 1. The van der Waals surface area contributed by atoms with Crippen molar-refractivity contribution in [1.29, 1.82) is 0 Å². The first-order valence-corrected chi connectivity index (χ1v) is 6.93. The fraction of sp³-hybridized carbons (Fsp3) is 0.467. The Hall–Kier alpha value is -2.25. The molecule has 1 saturated heterocycles. The Morgan fingerprint density at radius 2 is 1.83 bits per heavy atom. The number of ketones is 1. The molecular formula is C15H16F3NO4. The number of halogens is 3. The average Bonchev–Trinajstić information content (AvgIpc) is 3.01. The highest BCUT2D eigenvalue weighted by molar-refractivity contribution is 6.03. The molecule has 0 aromatic heterocycles. The van der Waals surface area contributed by atoms with Crippen molar-refractivity contribution in [2.24, 2.45) is 0 Å². The molecular weight excluding hydrogens is 315 g/mol. The van der Waals surface area contributed by atoms with Crippen LogP contribution in [0, 0.1) is 0 Å². The predicted molar refractivity (Wildman–Crippen MR) is 74.7 cm³/mol. The molecule has 0 radical (unpaired) electrons. The Bertz CT molecular complexity index is 615. The van der Waals surface area contributed by atoms with E-state index in [9.17, 15) is 22.8 Å². The number of Topliss-reactive ketones (excluding diaryl/α,β-unsaturated/α-hetero) is 1. The van der Waals surface area contributed by atoms with Crippen LogP contribution in [0.4, 0.5) is 13.2 Å². The van der Waals surface area contributed by atoms with Crippen molar-refractivity contribution in [1.82, 2.24) is 4.90 Å². The van der Waals surface area contributed by atoms with E-state index in [1.807, 2.05) is 0 Å². The third-order valence-corrected chi connectivity index (χ3v) is 3.73. The van der Waals surface area contributed by atoms with Crippen molar-refractivity contribution in [2.75, 3.05) is 20.8 Å². The van der Waals surface area contributed by atoms with E-state index in [1.54, 1.807) is 0 Å². The van der Waals surface area contributed by atoms with Gasteiger partial charge in [0.2, 0.25) is 0 Å². The molecule has 0 bridgehead atoms. The maximum Gasteiger partial charge on any atom is 0.471 e. The minimum absolute atomic E-state index is 0.0813. The summed E-state index contributed by atoms with van der Waals surface area (Å²) in [5.41, 5.74) is 0.175. The van der Waals surface area contributed by atoms with Gasteiger partial charge in [-0.2, -0.15) is 13.2 Å². The first-order valence-electron chi connectivity index (χ1n) is 6.93. The monoisotopic (exact) mass is 331 g/mol. The minimum atomic E-state index is -4.99. The molecule has 0 N–H and O–H groups in total. The topological polar surface area (TPSA) is 55.8 Å². The molecule has 0 saturated carbocycles. The first kappa shape index (κ1) is 17.1. The highest BCUT2D eigenvalue weighted by atomic mass is 19.4. The number of carbonyl (C=O) groups excluding carboxylic acids is 2. The summed E-state index contributed by atoms with van der Waals surface area (Å²) in [6, 6.07) is 3.23. The van der Waals surface area contributed by atoms with Crippen molar-refractivity contribution in [2.45, 2.75) is 25.1 Å². The maximum absolute atomic E-state index is 12.6. The lowest BCUT2D eigenvalue weighted by atomic mass is 10.0. The predicted octanol–water partition coefficient (Wildman–Crippen LogP) is 2.44. The summed E-state index contributed by atoms with van der Waals surface area (Å²) >= 11 is 0. The molecule has 8 heteroatoms. The van der Waals surface area contributed by atoms with Crippen LogP contribution in [0.3, 0.4) is 0 Å². The van der Waals surface area contributed by atoms with E-state index in [1.165, 1.54) is 32.4 Å². The number of methoxy groups -OCH3 is 2. The minimum Gasteiger partial charge on any atom is -0.493 e. The molecule has 1 aromatic rings. The number of ether oxygens (including phenoxy) is 2. The third kappa shape index (κ3) is 3.40. The number of likely N-dealkylation sites (tertiary alicyclic amines) is 1. The second kappa shape index (κ2) is 6.47. The van der Waals surface area contributed by atoms with Gasteiger partial charge in [-0.05, 0) is 31.0 Å². The molecule has 0 aliphatic carbocycles. The highest BCUT2D eigenvalue weighted by Gasteiger charge is 2.47. The summed E-state index contributed by atoms with van der Waals surface area (Å²) in [5, 5.41) is 0. The van der Waals surface area contributed by atoms with Crippen LogP contribution >= 0.6 is 0 Å². The van der Waals surface area contributed by atoms with Crippen LogP contribution in [0.15, 0.2) is 18.2 Å². The molecule has 0 spiro atoms. The molecule has 1 aliphatic heterocycles. The summed E-state index contributed by atoms with van der Waals surface area (Å²) in [5.74, 6) is -1.82. The third-order valence-electron chi connectivity index (χ3n) is 3.73. The standard InChI is InChI=1S/C15H16F3NO4/c1-22-11-6-5-9(8-12(11)23-2)13(20)10-4-3-7-19(10)14(21)15(16,17)18/h5-6,8,10H,3-4,7H2,1-2H3/t10-/m0/s1. The normalized spacial score (nSPS) is 18.0. The summed E-state index contributed by atoms with van der Waals surface area (Å²) in [6.45, 7) is -0.0813. The van der Waals surface area contributed by atoms with Crippen LogP contribution in [-0.2, 0) is 4.79 Å². The van der Waals surface area contributed by atoms with Gasteiger partial charge in [0.25, 0.3) is 0 Å². The molecule has 1 fully saturated rings. The zero-order valence-corrected chi connectivity index (χ0v) is 12.6. The Morgan fingerprint density at radius 3 is 2.39 bits per heavy atom. The van der Waals surface area contributed by atoms with Crippen molar-refractivity contribution in [3.8, 4) is 11.5 Å². The SMILES string of the molecule is COc1ccc(C(=O)[C@@H]2CCCN2C(=O)C(F)(F)F)cc1OC. The van der Waals surface area contributed by atoms with Crippen molar-refractivity contribution < 1.29 is 32.2 Å². The van der Waals surface area contributed by atoms with E-state index in [0.717, 1.165) is 0 Å². The maximum atomic E-state index is 12.6. The van der Waals surface area contributed by atoms with E-state index >= 15 is 0 Å². The molecule has 2 rings (SSSR count). The van der Waals surface area contributed by atoms with Crippen LogP contribution in [0.1, 0.15) is 23.2 Å². The molecule has 23 heavy (non-hydrogen) atoms. The van der Waals surface area contributed by atoms with Crippen molar-refractivity contribution in [3.63, 3.8) is 0 Å². The number of hydrogen-bond acceptors (Lipinski definition) is 4.